The van der Waals surface area contributed by atoms with Crippen LogP contribution in [-0.4, -0.2) is 86.4 Å². The van der Waals surface area contributed by atoms with E-state index in [0.29, 0.717) is 19.6 Å². The van der Waals surface area contributed by atoms with Crippen LogP contribution in [0.15, 0.2) is 36.4 Å². The Morgan fingerprint density at radius 1 is 1.11 bits per heavy atom. The first-order chi connectivity index (χ1) is 13.0. The van der Waals surface area contributed by atoms with Gasteiger partial charge in [0.1, 0.15) is 6.42 Å². The summed E-state index contributed by atoms with van der Waals surface area (Å²) in [4.78, 5) is 30.4. The lowest BCUT2D eigenvalue weighted by atomic mass is 10.2. The number of benzene rings is 1. The van der Waals surface area contributed by atoms with Gasteiger partial charge in [0.05, 0.1) is 0 Å². The number of amides is 2. The molecule has 2 rings (SSSR count). The molecule has 1 heterocycles. The molecule has 0 aliphatic carbocycles. The smallest absolute Gasteiger partial charge is 0.232 e. The number of carbonyl (C=O) groups is 2. The second kappa shape index (κ2) is 11.5. The van der Waals surface area contributed by atoms with Gasteiger partial charge >= 0.3 is 0 Å². The number of nitrogens with one attached hydrogen (secondary N) is 1. The SMILES string of the molecule is CN(C)CCCNC(=O)CC(=O)N1CCN(C/C=C/c2ccccc2)CC1. The maximum absolute atomic E-state index is 12.3. The van der Waals surface area contributed by atoms with E-state index in [4.69, 9.17) is 0 Å². The predicted octanol–water partition coefficient (Wildman–Crippen LogP) is 1.30. The summed E-state index contributed by atoms with van der Waals surface area (Å²) in [5, 5.41) is 2.83. The van der Waals surface area contributed by atoms with Gasteiger partial charge in [0.2, 0.25) is 11.8 Å². The van der Waals surface area contributed by atoms with Gasteiger partial charge in [-0.25, -0.2) is 0 Å². The van der Waals surface area contributed by atoms with E-state index in [2.05, 4.69) is 39.4 Å². The molecule has 1 aromatic carbocycles. The van der Waals surface area contributed by atoms with Gasteiger partial charge in [-0.1, -0.05) is 42.5 Å². The van der Waals surface area contributed by atoms with E-state index >= 15 is 0 Å². The van der Waals surface area contributed by atoms with E-state index in [1.165, 1.54) is 5.56 Å². The summed E-state index contributed by atoms with van der Waals surface area (Å²) in [5.74, 6) is -0.244. The topological polar surface area (TPSA) is 55.9 Å². The first kappa shape index (κ1) is 21.1. The predicted molar refractivity (Wildman–Crippen MR) is 109 cm³/mol. The van der Waals surface area contributed by atoms with Crippen molar-refractivity contribution < 1.29 is 9.59 Å². The fraction of sp³-hybridized carbons (Fsp3) is 0.524. The maximum Gasteiger partial charge on any atom is 0.232 e. The Labute approximate surface area is 162 Å². The van der Waals surface area contributed by atoms with Crippen molar-refractivity contribution in [3.63, 3.8) is 0 Å². The standard InChI is InChI=1S/C21H32N4O2/c1-23(2)12-7-11-22-20(26)18-21(27)25-16-14-24(15-17-25)13-6-10-19-8-4-3-5-9-19/h3-6,8-10H,7,11-18H2,1-2H3,(H,22,26)/b10-6+. The van der Waals surface area contributed by atoms with Gasteiger partial charge in [-0.05, 0) is 32.6 Å². The molecule has 6 nitrogen and oxygen atoms in total. The van der Waals surface area contributed by atoms with Gasteiger partial charge in [0.25, 0.3) is 0 Å². The van der Waals surface area contributed by atoms with Gasteiger partial charge in [0, 0.05) is 39.3 Å². The van der Waals surface area contributed by atoms with E-state index in [1.54, 1.807) is 4.90 Å². The van der Waals surface area contributed by atoms with Crippen LogP contribution < -0.4 is 5.32 Å². The van der Waals surface area contributed by atoms with Crippen molar-refractivity contribution >= 4 is 17.9 Å². The molecule has 1 saturated heterocycles. The maximum atomic E-state index is 12.3. The largest absolute Gasteiger partial charge is 0.356 e. The molecule has 1 aliphatic rings. The average molecular weight is 373 g/mol. The zero-order valence-corrected chi connectivity index (χ0v) is 16.6. The second-order valence-electron chi connectivity index (χ2n) is 7.18. The van der Waals surface area contributed by atoms with Gasteiger partial charge in [-0.2, -0.15) is 0 Å². The molecular formula is C21H32N4O2. The summed E-state index contributed by atoms with van der Waals surface area (Å²) < 4.78 is 0. The van der Waals surface area contributed by atoms with Crippen molar-refractivity contribution in [1.82, 2.24) is 20.0 Å². The van der Waals surface area contributed by atoms with E-state index < -0.39 is 0 Å². The number of piperazine rings is 1. The number of nitrogens with zero attached hydrogens (tertiary/aromatic N) is 3. The molecule has 27 heavy (non-hydrogen) atoms. The van der Waals surface area contributed by atoms with E-state index in [0.717, 1.165) is 32.6 Å². The van der Waals surface area contributed by atoms with Crippen LogP contribution in [0.4, 0.5) is 0 Å². The van der Waals surface area contributed by atoms with Crippen LogP contribution in [0, 0.1) is 0 Å². The summed E-state index contributed by atoms with van der Waals surface area (Å²) in [6.45, 7) is 5.48. The monoisotopic (exact) mass is 372 g/mol. The Morgan fingerprint density at radius 2 is 1.81 bits per heavy atom. The van der Waals surface area contributed by atoms with Crippen LogP contribution in [-0.2, 0) is 9.59 Å². The third-order valence-electron chi connectivity index (χ3n) is 4.61. The molecule has 0 spiro atoms. The van der Waals surface area contributed by atoms with Gasteiger partial charge < -0.3 is 15.1 Å². The Morgan fingerprint density at radius 3 is 2.48 bits per heavy atom. The molecule has 0 atom stereocenters. The molecule has 1 aromatic rings. The second-order valence-corrected chi connectivity index (χ2v) is 7.18. The van der Waals surface area contributed by atoms with Crippen LogP contribution in [0.25, 0.3) is 6.08 Å². The first-order valence-corrected chi connectivity index (χ1v) is 9.68. The average Bonchev–Trinajstić information content (AvgIpc) is 2.66. The van der Waals surface area contributed by atoms with Gasteiger partial charge in [-0.3, -0.25) is 14.5 Å². The summed E-state index contributed by atoms with van der Waals surface area (Å²) in [6, 6.07) is 10.2. The van der Waals surface area contributed by atoms with Crippen molar-refractivity contribution in [2.45, 2.75) is 12.8 Å². The number of hydrogen-bond donors (Lipinski definition) is 1. The van der Waals surface area contributed by atoms with E-state index in [1.807, 2.05) is 32.3 Å². The third kappa shape index (κ3) is 8.37. The number of hydrogen-bond acceptors (Lipinski definition) is 4. The lowest BCUT2D eigenvalue weighted by Gasteiger charge is -2.34. The Balaban J connectivity index is 1.62. The molecular weight excluding hydrogens is 340 g/mol. The minimum Gasteiger partial charge on any atom is -0.356 e. The molecule has 2 amide bonds. The number of rotatable bonds is 9. The minimum absolute atomic E-state index is 0.0458. The molecule has 1 fully saturated rings. The highest BCUT2D eigenvalue weighted by Crippen LogP contribution is 2.06. The van der Waals surface area contributed by atoms with Crippen LogP contribution in [0.5, 0.6) is 0 Å². The quantitative estimate of drug-likeness (QED) is 0.524. The number of carbonyl (C=O) groups excluding carboxylic acids is 2. The first-order valence-electron chi connectivity index (χ1n) is 9.68. The fourth-order valence-electron chi connectivity index (χ4n) is 3.02. The molecule has 0 saturated carbocycles. The normalized spacial score (nSPS) is 15.4. The van der Waals surface area contributed by atoms with E-state index in [9.17, 15) is 9.59 Å². The Kier molecular flexibility index (Phi) is 9.01. The highest BCUT2D eigenvalue weighted by Gasteiger charge is 2.22. The van der Waals surface area contributed by atoms with Crippen molar-refractivity contribution in [2.24, 2.45) is 0 Å². The van der Waals surface area contributed by atoms with Crippen molar-refractivity contribution in [1.29, 1.82) is 0 Å². The molecule has 0 unspecified atom stereocenters. The van der Waals surface area contributed by atoms with Crippen LogP contribution in [0.1, 0.15) is 18.4 Å². The van der Waals surface area contributed by atoms with Crippen LogP contribution in [0.3, 0.4) is 0 Å². The molecule has 0 bridgehead atoms. The zero-order chi connectivity index (χ0) is 19.5. The lowest BCUT2D eigenvalue weighted by molar-refractivity contribution is -0.137. The lowest BCUT2D eigenvalue weighted by Crippen LogP contribution is -2.49. The van der Waals surface area contributed by atoms with Gasteiger partial charge in [0.15, 0.2) is 0 Å². The fourth-order valence-corrected chi connectivity index (χ4v) is 3.02. The van der Waals surface area contributed by atoms with E-state index in [-0.39, 0.29) is 18.2 Å². The highest BCUT2D eigenvalue weighted by atomic mass is 16.2. The van der Waals surface area contributed by atoms with Crippen LogP contribution >= 0.6 is 0 Å². The molecule has 1 aliphatic heterocycles. The van der Waals surface area contributed by atoms with Crippen molar-refractivity contribution in [3.8, 4) is 0 Å². The molecule has 0 aromatic heterocycles. The Hall–Kier alpha value is -2.18. The van der Waals surface area contributed by atoms with Crippen molar-refractivity contribution in [3.05, 3.63) is 42.0 Å². The summed E-state index contributed by atoms with van der Waals surface area (Å²) in [5.41, 5.74) is 1.20. The zero-order valence-electron chi connectivity index (χ0n) is 16.6. The highest BCUT2D eigenvalue weighted by molar-refractivity contribution is 5.96. The Bertz CT molecular complexity index is 608. The molecule has 0 radical (unpaired) electrons. The molecule has 1 N–H and O–H groups in total. The van der Waals surface area contributed by atoms with Gasteiger partial charge in [-0.15, -0.1) is 0 Å². The van der Waals surface area contributed by atoms with Crippen LogP contribution in [0.2, 0.25) is 0 Å². The summed E-state index contributed by atoms with van der Waals surface area (Å²) >= 11 is 0. The summed E-state index contributed by atoms with van der Waals surface area (Å²) in [7, 11) is 4.00. The van der Waals surface area contributed by atoms with Crippen molar-refractivity contribution in [2.75, 3.05) is 59.9 Å². The third-order valence-corrected chi connectivity index (χ3v) is 4.61. The molecule has 6 heteroatoms. The summed E-state index contributed by atoms with van der Waals surface area (Å²) in [6.07, 6.45) is 5.13. The minimum atomic E-state index is -0.174. The molecule has 148 valence electrons.